The van der Waals surface area contributed by atoms with E-state index in [-0.39, 0.29) is 25.2 Å². The lowest BCUT2D eigenvalue weighted by molar-refractivity contribution is -0.127. The molecule has 1 N–H and O–H groups in total. The molecule has 7 heteroatoms. The van der Waals surface area contributed by atoms with Gasteiger partial charge in [0.25, 0.3) is 5.89 Å². The maximum atomic E-state index is 11.7. The van der Waals surface area contributed by atoms with E-state index in [1.165, 1.54) is 12.8 Å². The molecule has 21 heavy (non-hydrogen) atoms. The van der Waals surface area contributed by atoms with E-state index in [1.54, 1.807) is 6.92 Å². The Balaban J connectivity index is 2.14. The van der Waals surface area contributed by atoms with E-state index in [2.05, 4.69) is 34.3 Å². The number of ether oxygens (including phenoxy) is 1. The third-order valence-corrected chi connectivity index (χ3v) is 2.91. The molecule has 0 fully saturated rings. The van der Waals surface area contributed by atoms with E-state index in [1.807, 2.05) is 6.92 Å². The van der Waals surface area contributed by atoms with E-state index < -0.39 is 0 Å². The van der Waals surface area contributed by atoms with Crippen molar-refractivity contribution in [2.24, 2.45) is 0 Å². The molecule has 1 rings (SSSR count). The van der Waals surface area contributed by atoms with Crippen LogP contribution in [0.3, 0.4) is 0 Å². The average Bonchev–Trinajstić information content (AvgIpc) is 2.81. The van der Waals surface area contributed by atoms with Crippen molar-refractivity contribution < 1.29 is 14.1 Å². The molecule has 0 unspecified atom stereocenters. The summed E-state index contributed by atoms with van der Waals surface area (Å²) >= 11 is 0. The third kappa shape index (κ3) is 7.77. The Labute approximate surface area is 126 Å². The largest absolute Gasteiger partial charge is 0.362 e. The van der Waals surface area contributed by atoms with Crippen LogP contribution < -0.4 is 5.32 Å². The summed E-state index contributed by atoms with van der Waals surface area (Å²) in [6.45, 7) is 7.90. The molecule has 1 atom stereocenters. The summed E-state index contributed by atoms with van der Waals surface area (Å²) in [5.41, 5.74) is 0. The number of aryl methyl sites for hydroxylation is 1. The molecule has 1 heterocycles. The number of hydrogen-bond acceptors (Lipinski definition) is 6. The first-order chi connectivity index (χ1) is 10.0. The van der Waals surface area contributed by atoms with Gasteiger partial charge in [-0.05, 0) is 33.9 Å². The van der Waals surface area contributed by atoms with Crippen molar-refractivity contribution in [2.45, 2.75) is 46.3 Å². The van der Waals surface area contributed by atoms with Crippen molar-refractivity contribution in [3.63, 3.8) is 0 Å². The fourth-order valence-corrected chi connectivity index (χ4v) is 1.98. The first-order valence-corrected chi connectivity index (χ1v) is 7.36. The molecule has 0 aliphatic carbocycles. The summed E-state index contributed by atoms with van der Waals surface area (Å²) in [4.78, 5) is 17.9. The number of carbonyl (C=O) groups excluding carboxylic acids is 1. The molecule has 0 aliphatic rings. The summed E-state index contributed by atoms with van der Waals surface area (Å²) in [5.74, 6) is 0.803. The van der Waals surface area contributed by atoms with Gasteiger partial charge in [-0.1, -0.05) is 18.5 Å². The van der Waals surface area contributed by atoms with Crippen LogP contribution in [-0.2, 0) is 16.1 Å². The van der Waals surface area contributed by atoms with Gasteiger partial charge in [0.05, 0.1) is 0 Å². The van der Waals surface area contributed by atoms with E-state index in [4.69, 9.17) is 9.26 Å². The summed E-state index contributed by atoms with van der Waals surface area (Å²) in [6.07, 6.45) is 2.35. The van der Waals surface area contributed by atoms with Crippen LogP contribution in [0, 0.1) is 6.92 Å². The molecule has 0 saturated heterocycles. The predicted octanol–water partition coefficient (Wildman–Crippen LogP) is 1.13. The van der Waals surface area contributed by atoms with Crippen molar-refractivity contribution in [3.8, 4) is 0 Å². The standard InChI is InChI=1S/C14H26N4O3/c1-5-6-7-18(4)8-11(2)15-13(19)9-20-10-14-16-12(3)17-21-14/h11H,5-10H2,1-4H3,(H,15,19)/t11-/m0/s1. The van der Waals surface area contributed by atoms with Crippen LogP contribution in [0.25, 0.3) is 0 Å². The third-order valence-electron chi connectivity index (χ3n) is 2.91. The highest BCUT2D eigenvalue weighted by molar-refractivity contribution is 5.77. The number of amides is 1. The molecule has 0 spiro atoms. The second-order valence-corrected chi connectivity index (χ2v) is 5.31. The van der Waals surface area contributed by atoms with E-state index in [0.717, 1.165) is 13.1 Å². The van der Waals surface area contributed by atoms with Crippen LogP contribution in [0.1, 0.15) is 38.4 Å². The fourth-order valence-electron chi connectivity index (χ4n) is 1.98. The van der Waals surface area contributed by atoms with Gasteiger partial charge in [0.1, 0.15) is 13.2 Å². The van der Waals surface area contributed by atoms with Gasteiger partial charge in [-0.2, -0.15) is 4.98 Å². The quantitative estimate of drug-likeness (QED) is 0.697. The Morgan fingerprint density at radius 3 is 2.90 bits per heavy atom. The summed E-state index contributed by atoms with van der Waals surface area (Å²) in [7, 11) is 2.06. The predicted molar refractivity (Wildman–Crippen MR) is 78.7 cm³/mol. The number of carbonyl (C=O) groups is 1. The van der Waals surface area contributed by atoms with Crippen LogP contribution in [0.4, 0.5) is 0 Å². The summed E-state index contributed by atoms with van der Waals surface area (Å²) < 4.78 is 10.1. The highest BCUT2D eigenvalue weighted by atomic mass is 16.5. The molecule has 7 nitrogen and oxygen atoms in total. The smallest absolute Gasteiger partial charge is 0.252 e. The lowest BCUT2D eigenvalue weighted by atomic mass is 10.2. The van der Waals surface area contributed by atoms with Gasteiger partial charge in [-0.3, -0.25) is 4.79 Å². The van der Waals surface area contributed by atoms with Gasteiger partial charge in [-0.15, -0.1) is 0 Å². The maximum Gasteiger partial charge on any atom is 0.252 e. The number of nitrogens with zero attached hydrogens (tertiary/aromatic N) is 3. The van der Waals surface area contributed by atoms with Crippen LogP contribution >= 0.6 is 0 Å². The van der Waals surface area contributed by atoms with E-state index >= 15 is 0 Å². The highest BCUT2D eigenvalue weighted by Crippen LogP contribution is 1.98. The second-order valence-electron chi connectivity index (χ2n) is 5.31. The zero-order chi connectivity index (χ0) is 15.7. The minimum Gasteiger partial charge on any atom is -0.362 e. The first-order valence-electron chi connectivity index (χ1n) is 7.36. The zero-order valence-electron chi connectivity index (χ0n) is 13.4. The Morgan fingerprint density at radius 2 is 2.29 bits per heavy atom. The second kappa shape index (κ2) is 9.46. The van der Waals surface area contributed by atoms with Crippen molar-refractivity contribution in [3.05, 3.63) is 11.7 Å². The molecule has 120 valence electrons. The molecule has 1 aromatic rings. The number of rotatable bonds is 10. The monoisotopic (exact) mass is 298 g/mol. The Bertz CT molecular complexity index is 422. The molecule has 0 bridgehead atoms. The van der Waals surface area contributed by atoms with Gasteiger partial charge in [-0.25, -0.2) is 0 Å². The number of likely N-dealkylation sites (N-methyl/N-ethyl adjacent to an activating group) is 1. The minimum absolute atomic E-state index is 0.00948. The first kappa shape index (κ1) is 17.6. The van der Waals surface area contributed by atoms with Crippen LogP contribution in [-0.4, -0.2) is 53.7 Å². The van der Waals surface area contributed by atoms with Gasteiger partial charge >= 0.3 is 0 Å². The van der Waals surface area contributed by atoms with Gasteiger partial charge < -0.3 is 19.5 Å². The van der Waals surface area contributed by atoms with E-state index in [0.29, 0.717) is 11.7 Å². The van der Waals surface area contributed by atoms with Crippen molar-refractivity contribution in [2.75, 3.05) is 26.7 Å². The number of unbranched alkanes of at least 4 members (excludes halogenated alkanes) is 1. The van der Waals surface area contributed by atoms with E-state index in [9.17, 15) is 4.79 Å². The number of nitrogens with one attached hydrogen (secondary N) is 1. The van der Waals surface area contributed by atoms with Crippen molar-refractivity contribution >= 4 is 5.91 Å². The molecular formula is C14H26N4O3. The van der Waals surface area contributed by atoms with Crippen LogP contribution in [0.2, 0.25) is 0 Å². The fraction of sp³-hybridized carbons (Fsp3) is 0.786. The number of hydrogen-bond donors (Lipinski definition) is 1. The van der Waals surface area contributed by atoms with Crippen molar-refractivity contribution in [1.82, 2.24) is 20.4 Å². The summed E-state index contributed by atoms with van der Waals surface area (Å²) in [6, 6.07) is 0.0913. The summed E-state index contributed by atoms with van der Waals surface area (Å²) in [5, 5.41) is 6.55. The van der Waals surface area contributed by atoms with Gasteiger partial charge in [0.2, 0.25) is 5.91 Å². The lowest BCUT2D eigenvalue weighted by Crippen LogP contribution is -2.42. The normalized spacial score (nSPS) is 12.6. The van der Waals surface area contributed by atoms with Gasteiger partial charge in [0.15, 0.2) is 5.82 Å². The Hall–Kier alpha value is -1.47. The topological polar surface area (TPSA) is 80.5 Å². The SMILES string of the molecule is CCCCN(C)C[C@H](C)NC(=O)COCc1nc(C)no1. The molecule has 0 saturated carbocycles. The molecular weight excluding hydrogens is 272 g/mol. The Morgan fingerprint density at radius 1 is 1.52 bits per heavy atom. The molecule has 0 aromatic carbocycles. The van der Waals surface area contributed by atoms with Crippen LogP contribution in [0.5, 0.6) is 0 Å². The molecule has 0 aliphatic heterocycles. The minimum atomic E-state index is -0.136. The average molecular weight is 298 g/mol. The van der Waals surface area contributed by atoms with Crippen molar-refractivity contribution in [1.29, 1.82) is 0 Å². The Kier molecular flexibility index (Phi) is 7.92. The van der Waals surface area contributed by atoms with Crippen LogP contribution in [0.15, 0.2) is 4.52 Å². The maximum absolute atomic E-state index is 11.7. The lowest BCUT2D eigenvalue weighted by Gasteiger charge is -2.21. The highest BCUT2D eigenvalue weighted by Gasteiger charge is 2.10. The molecule has 1 amide bonds. The molecule has 1 aromatic heterocycles. The van der Waals surface area contributed by atoms with Gasteiger partial charge in [0, 0.05) is 12.6 Å². The number of aromatic nitrogens is 2. The molecule has 0 radical (unpaired) electrons. The zero-order valence-corrected chi connectivity index (χ0v) is 13.4.